The number of hydrogen-bond acceptors (Lipinski definition) is 4. The Bertz CT molecular complexity index is 1400. The minimum atomic E-state index is -0.326. The van der Waals surface area contributed by atoms with Crippen LogP contribution < -0.4 is 10.1 Å². The van der Waals surface area contributed by atoms with Gasteiger partial charge in [-0.2, -0.15) is 0 Å². The summed E-state index contributed by atoms with van der Waals surface area (Å²) in [7, 11) is 0. The smallest absolute Gasteiger partial charge is 0.220 e. The quantitative estimate of drug-likeness (QED) is 0.397. The standard InChI is InChI=1S/C27H24FN3O3/c1-16(32)21-4-2-3-5-22(21)17-6-9-25-18(12-17)13-20(34-25)15-29-27(33)11-10-26-30-23-8-7-19(28)14-24(23)31-26/h2-9,12,14,20H,10-11,13,15H2,1H3,(H,29,33)(H,30,31). The first-order chi connectivity index (χ1) is 16.5. The number of hydrogen-bond donors (Lipinski definition) is 2. The van der Waals surface area contributed by atoms with Crippen LogP contribution in [-0.4, -0.2) is 34.3 Å². The molecule has 1 aliphatic heterocycles. The van der Waals surface area contributed by atoms with Crippen LogP contribution in [0.25, 0.3) is 22.2 Å². The van der Waals surface area contributed by atoms with Crippen molar-refractivity contribution in [3.8, 4) is 16.9 Å². The number of carbonyl (C=O) groups excluding carboxylic acids is 2. The third-order valence-corrected chi connectivity index (χ3v) is 6.03. The first-order valence-electron chi connectivity index (χ1n) is 11.3. The van der Waals surface area contributed by atoms with Crippen LogP contribution in [0.2, 0.25) is 0 Å². The van der Waals surface area contributed by atoms with Gasteiger partial charge in [-0.05, 0) is 53.9 Å². The number of nitrogens with one attached hydrogen (secondary N) is 2. The molecule has 6 nitrogen and oxygen atoms in total. The predicted octanol–water partition coefficient (Wildman–Crippen LogP) is 4.62. The molecule has 1 unspecified atom stereocenters. The van der Waals surface area contributed by atoms with Gasteiger partial charge in [0.25, 0.3) is 0 Å². The van der Waals surface area contributed by atoms with E-state index in [1.165, 1.54) is 12.1 Å². The second kappa shape index (κ2) is 9.09. The van der Waals surface area contributed by atoms with Gasteiger partial charge >= 0.3 is 0 Å². The Morgan fingerprint density at radius 3 is 2.85 bits per heavy atom. The molecule has 0 bridgehead atoms. The van der Waals surface area contributed by atoms with E-state index in [1.54, 1.807) is 13.0 Å². The van der Waals surface area contributed by atoms with Gasteiger partial charge < -0.3 is 15.0 Å². The minimum Gasteiger partial charge on any atom is -0.488 e. The highest BCUT2D eigenvalue weighted by atomic mass is 19.1. The Balaban J connectivity index is 1.16. The normalized spacial score (nSPS) is 14.6. The van der Waals surface area contributed by atoms with Crippen LogP contribution in [0, 0.1) is 5.82 Å². The van der Waals surface area contributed by atoms with Gasteiger partial charge in [0.05, 0.1) is 17.6 Å². The van der Waals surface area contributed by atoms with E-state index in [1.807, 2.05) is 36.4 Å². The van der Waals surface area contributed by atoms with Crippen molar-refractivity contribution in [1.82, 2.24) is 15.3 Å². The van der Waals surface area contributed by atoms with Gasteiger partial charge in [0, 0.05) is 24.8 Å². The molecule has 2 N–H and O–H groups in total. The summed E-state index contributed by atoms with van der Waals surface area (Å²) in [5, 5.41) is 2.93. The van der Waals surface area contributed by atoms with Crippen molar-refractivity contribution in [3.63, 3.8) is 0 Å². The minimum absolute atomic E-state index is 0.0303. The van der Waals surface area contributed by atoms with Crippen LogP contribution in [0.4, 0.5) is 4.39 Å². The molecule has 0 saturated heterocycles. The molecule has 172 valence electrons. The van der Waals surface area contributed by atoms with Gasteiger partial charge in [-0.3, -0.25) is 9.59 Å². The van der Waals surface area contributed by atoms with E-state index >= 15 is 0 Å². The van der Waals surface area contributed by atoms with Crippen molar-refractivity contribution in [1.29, 1.82) is 0 Å². The Labute approximate surface area is 196 Å². The Morgan fingerprint density at radius 2 is 2.00 bits per heavy atom. The average Bonchev–Trinajstić information content (AvgIpc) is 3.43. The zero-order chi connectivity index (χ0) is 23.7. The number of nitrogens with zero attached hydrogens (tertiary/aromatic N) is 1. The summed E-state index contributed by atoms with van der Waals surface area (Å²) >= 11 is 0. The molecule has 0 spiro atoms. The zero-order valence-corrected chi connectivity index (χ0v) is 18.7. The maximum Gasteiger partial charge on any atom is 0.220 e. The number of Topliss-reactive ketones (excluding diaryl/α,β-unsaturated/α-hetero) is 1. The summed E-state index contributed by atoms with van der Waals surface area (Å²) in [6.45, 7) is 1.97. The number of fused-ring (bicyclic) bond motifs is 2. The SMILES string of the molecule is CC(=O)c1ccccc1-c1ccc2c(c1)CC(CNC(=O)CCc1nc3ccc(F)cc3[nH]1)O2. The molecule has 0 radical (unpaired) electrons. The van der Waals surface area contributed by atoms with Gasteiger partial charge in [0.1, 0.15) is 23.5 Å². The molecule has 0 saturated carbocycles. The van der Waals surface area contributed by atoms with E-state index < -0.39 is 0 Å². The molecular formula is C27H24FN3O3. The highest BCUT2D eigenvalue weighted by Crippen LogP contribution is 2.34. The summed E-state index contributed by atoms with van der Waals surface area (Å²) in [6, 6.07) is 17.9. The Hall–Kier alpha value is -4.00. The third kappa shape index (κ3) is 4.55. The number of ether oxygens (including phenoxy) is 1. The summed E-state index contributed by atoms with van der Waals surface area (Å²) in [5.41, 5.74) is 4.94. The van der Waals surface area contributed by atoms with E-state index in [-0.39, 0.29) is 30.0 Å². The largest absolute Gasteiger partial charge is 0.488 e. The summed E-state index contributed by atoms with van der Waals surface area (Å²) in [4.78, 5) is 31.8. The molecule has 1 amide bonds. The van der Waals surface area contributed by atoms with Crippen molar-refractivity contribution in [2.24, 2.45) is 0 Å². The fourth-order valence-corrected chi connectivity index (χ4v) is 4.34. The molecule has 0 fully saturated rings. The molecule has 0 aliphatic carbocycles. The number of aryl methyl sites for hydroxylation is 1. The van der Waals surface area contributed by atoms with Gasteiger partial charge in [-0.15, -0.1) is 0 Å². The molecule has 1 atom stereocenters. The number of ketones is 1. The van der Waals surface area contributed by atoms with Gasteiger partial charge in [0.15, 0.2) is 5.78 Å². The zero-order valence-electron chi connectivity index (χ0n) is 18.7. The van der Waals surface area contributed by atoms with Gasteiger partial charge in [-0.25, -0.2) is 9.37 Å². The molecule has 7 heteroatoms. The van der Waals surface area contributed by atoms with E-state index in [4.69, 9.17) is 4.74 Å². The molecule has 34 heavy (non-hydrogen) atoms. The van der Waals surface area contributed by atoms with Gasteiger partial charge in [-0.1, -0.05) is 30.3 Å². The number of aromatic nitrogens is 2. The average molecular weight is 458 g/mol. The molecule has 5 rings (SSSR count). The molecular weight excluding hydrogens is 433 g/mol. The lowest BCUT2D eigenvalue weighted by atomic mass is 9.95. The summed E-state index contributed by atoms with van der Waals surface area (Å²) in [6.07, 6.45) is 1.24. The molecule has 2 heterocycles. The van der Waals surface area contributed by atoms with Crippen molar-refractivity contribution in [2.75, 3.05) is 6.54 Å². The Kier molecular flexibility index (Phi) is 5.84. The number of rotatable bonds is 7. The number of amides is 1. The first kappa shape index (κ1) is 21.8. The fourth-order valence-electron chi connectivity index (χ4n) is 4.34. The number of halogens is 1. The number of benzene rings is 3. The molecule has 1 aromatic heterocycles. The fraction of sp³-hybridized carbons (Fsp3) is 0.222. The van der Waals surface area contributed by atoms with E-state index in [0.29, 0.717) is 41.8 Å². The molecule has 1 aliphatic rings. The number of imidazole rings is 1. The van der Waals surface area contributed by atoms with Crippen molar-refractivity contribution in [2.45, 2.75) is 32.3 Å². The number of aromatic amines is 1. The Morgan fingerprint density at radius 1 is 1.15 bits per heavy atom. The lowest BCUT2D eigenvalue weighted by Crippen LogP contribution is -2.34. The van der Waals surface area contributed by atoms with Crippen LogP contribution in [0.15, 0.2) is 60.7 Å². The van der Waals surface area contributed by atoms with Crippen LogP contribution in [0.1, 0.15) is 35.1 Å². The maximum absolute atomic E-state index is 13.3. The lowest BCUT2D eigenvalue weighted by Gasteiger charge is -2.11. The second-order valence-electron chi connectivity index (χ2n) is 8.52. The summed E-state index contributed by atoms with van der Waals surface area (Å²) < 4.78 is 19.3. The third-order valence-electron chi connectivity index (χ3n) is 6.03. The topological polar surface area (TPSA) is 84.1 Å². The predicted molar refractivity (Wildman–Crippen MR) is 127 cm³/mol. The van der Waals surface area contributed by atoms with Crippen LogP contribution in [-0.2, 0) is 17.6 Å². The maximum atomic E-state index is 13.3. The van der Waals surface area contributed by atoms with Crippen LogP contribution in [0.5, 0.6) is 5.75 Å². The van der Waals surface area contributed by atoms with E-state index in [9.17, 15) is 14.0 Å². The lowest BCUT2D eigenvalue weighted by molar-refractivity contribution is -0.121. The monoisotopic (exact) mass is 457 g/mol. The van der Waals surface area contributed by atoms with Gasteiger partial charge in [0.2, 0.25) is 5.91 Å². The number of carbonyl (C=O) groups is 2. The van der Waals surface area contributed by atoms with Crippen molar-refractivity contribution < 1.29 is 18.7 Å². The summed E-state index contributed by atoms with van der Waals surface area (Å²) in [5.74, 6) is 1.06. The molecule has 3 aromatic carbocycles. The van der Waals surface area contributed by atoms with E-state index in [0.717, 1.165) is 22.4 Å². The number of H-pyrrole nitrogens is 1. The van der Waals surface area contributed by atoms with Crippen LogP contribution >= 0.6 is 0 Å². The van der Waals surface area contributed by atoms with Crippen molar-refractivity contribution in [3.05, 3.63) is 83.4 Å². The highest BCUT2D eigenvalue weighted by molar-refractivity contribution is 6.00. The van der Waals surface area contributed by atoms with Crippen molar-refractivity contribution >= 4 is 22.7 Å². The van der Waals surface area contributed by atoms with E-state index in [2.05, 4.69) is 21.4 Å². The van der Waals surface area contributed by atoms with Crippen LogP contribution in [0.3, 0.4) is 0 Å². The molecule has 4 aromatic rings. The first-order valence-corrected chi connectivity index (χ1v) is 11.3. The highest BCUT2D eigenvalue weighted by Gasteiger charge is 2.24. The second-order valence-corrected chi connectivity index (χ2v) is 8.52.